The Hall–Kier alpha value is -0.130. The van der Waals surface area contributed by atoms with Crippen LogP contribution >= 0.6 is 0 Å². The van der Waals surface area contributed by atoms with Gasteiger partial charge < -0.3 is 0 Å². The second kappa shape index (κ2) is 3.01. The lowest BCUT2D eigenvalue weighted by Gasteiger charge is -1.98. The maximum absolute atomic E-state index is 10.4. The topological polar surface area (TPSA) is 58.2 Å². The molecular formula is C3H10N2O2S. The lowest BCUT2D eigenvalue weighted by Crippen LogP contribution is -2.35. The Kier molecular flexibility index (Phi) is 2.96. The summed E-state index contributed by atoms with van der Waals surface area (Å²) in [5.74, 6) is 0.105. The van der Waals surface area contributed by atoms with Crippen LogP contribution < -0.4 is 10.3 Å². The van der Waals surface area contributed by atoms with E-state index < -0.39 is 10.0 Å². The molecule has 0 aromatic carbocycles. The van der Waals surface area contributed by atoms with Crippen LogP contribution in [0, 0.1) is 0 Å². The van der Waals surface area contributed by atoms with Crippen LogP contribution in [0.25, 0.3) is 0 Å². The van der Waals surface area contributed by atoms with Crippen LogP contribution in [-0.2, 0) is 10.0 Å². The zero-order valence-electron chi connectivity index (χ0n) is 4.93. The number of sulfonamides is 1. The molecule has 0 atom stereocenters. The van der Waals surface area contributed by atoms with E-state index in [9.17, 15) is 8.42 Å². The van der Waals surface area contributed by atoms with Gasteiger partial charge in [-0.15, -0.1) is 0 Å². The maximum Gasteiger partial charge on any atom is 0.223 e. The Morgan fingerprint density at radius 1 is 1.50 bits per heavy atom. The molecule has 0 rings (SSSR count). The van der Waals surface area contributed by atoms with Gasteiger partial charge in [0.2, 0.25) is 10.0 Å². The van der Waals surface area contributed by atoms with Crippen molar-refractivity contribution < 1.29 is 8.42 Å². The Balaban J connectivity index is 3.76. The zero-order chi connectivity index (χ0) is 6.62. The van der Waals surface area contributed by atoms with Crippen molar-refractivity contribution >= 4 is 10.0 Å². The first-order valence-corrected chi connectivity index (χ1v) is 3.94. The van der Waals surface area contributed by atoms with Crippen molar-refractivity contribution in [3.8, 4) is 0 Å². The van der Waals surface area contributed by atoms with Crippen molar-refractivity contribution in [3.05, 3.63) is 0 Å². The van der Waals surface area contributed by atoms with E-state index in [1.165, 1.54) is 7.05 Å². The summed E-state index contributed by atoms with van der Waals surface area (Å²) in [6.07, 6.45) is 0. The van der Waals surface area contributed by atoms with Gasteiger partial charge in [0.15, 0.2) is 0 Å². The van der Waals surface area contributed by atoms with E-state index >= 15 is 0 Å². The summed E-state index contributed by atoms with van der Waals surface area (Å²) in [5, 5.41) is 0. The summed E-state index contributed by atoms with van der Waals surface area (Å²) in [5.41, 5.74) is 2.32. The molecule has 0 heterocycles. The third kappa shape index (κ3) is 2.95. The largest absolute Gasteiger partial charge is 0.247 e. The average molecular weight is 138 g/mol. The summed E-state index contributed by atoms with van der Waals surface area (Å²) >= 11 is 0. The van der Waals surface area contributed by atoms with Gasteiger partial charge in [-0.2, -0.15) is 4.83 Å². The summed E-state index contributed by atoms with van der Waals surface area (Å²) in [6.45, 7) is 1.57. The minimum atomic E-state index is -3.03. The summed E-state index contributed by atoms with van der Waals surface area (Å²) in [4.78, 5) is 2.09. The number of hydrogen-bond acceptors (Lipinski definition) is 3. The Labute approximate surface area is 49.3 Å². The van der Waals surface area contributed by atoms with E-state index in [1.54, 1.807) is 6.92 Å². The maximum atomic E-state index is 10.4. The van der Waals surface area contributed by atoms with Crippen molar-refractivity contribution in [2.24, 2.45) is 0 Å². The minimum absolute atomic E-state index is 0.105. The van der Waals surface area contributed by atoms with E-state index in [1.807, 2.05) is 0 Å². The monoisotopic (exact) mass is 138 g/mol. The van der Waals surface area contributed by atoms with Crippen LogP contribution in [0.1, 0.15) is 6.92 Å². The predicted octanol–water partition coefficient (Wildman–Crippen LogP) is -0.940. The molecule has 0 aliphatic heterocycles. The standard InChI is InChI=1S/C3H10N2O2S/c1-3-8(6,7)5-4-2/h4-5H,3H2,1-2H3. The fourth-order valence-corrected chi connectivity index (χ4v) is 0.683. The highest BCUT2D eigenvalue weighted by atomic mass is 32.2. The first-order chi connectivity index (χ1) is 3.62. The van der Waals surface area contributed by atoms with Gasteiger partial charge in [0, 0.05) is 0 Å². The molecule has 0 aromatic rings. The molecular weight excluding hydrogens is 128 g/mol. The zero-order valence-corrected chi connectivity index (χ0v) is 5.75. The van der Waals surface area contributed by atoms with Crippen LogP contribution in [0.3, 0.4) is 0 Å². The average Bonchev–Trinajstić information content (AvgIpc) is 1.67. The van der Waals surface area contributed by atoms with Gasteiger partial charge in [0.25, 0.3) is 0 Å². The lowest BCUT2D eigenvalue weighted by atomic mass is 11.0. The third-order valence-electron chi connectivity index (χ3n) is 0.638. The predicted molar refractivity (Wildman–Crippen MR) is 31.7 cm³/mol. The quantitative estimate of drug-likeness (QED) is 0.495. The smallest absolute Gasteiger partial charge is 0.223 e. The Morgan fingerprint density at radius 3 is 2.12 bits per heavy atom. The van der Waals surface area contributed by atoms with Gasteiger partial charge in [0.05, 0.1) is 5.75 Å². The van der Waals surface area contributed by atoms with E-state index in [0.717, 1.165) is 0 Å². The molecule has 0 spiro atoms. The molecule has 50 valence electrons. The number of hydrazine groups is 1. The summed E-state index contributed by atoms with van der Waals surface area (Å²) in [7, 11) is -1.52. The molecule has 5 heteroatoms. The van der Waals surface area contributed by atoms with E-state index in [0.29, 0.717) is 0 Å². The normalized spacial score (nSPS) is 11.8. The summed E-state index contributed by atoms with van der Waals surface area (Å²) in [6, 6.07) is 0. The van der Waals surface area contributed by atoms with Gasteiger partial charge in [-0.1, -0.05) is 0 Å². The fraction of sp³-hybridized carbons (Fsp3) is 1.00. The molecule has 0 saturated heterocycles. The molecule has 0 radical (unpaired) electrons. The second-order valence-electron chi connectivity index (χ2n) is 1.26. The van der Waals surface area contributed by atoms with E-state index in [2.05, 4.69) is 10.3 Å². The van der Waals surface area contributed by atoms with Crippen LogP contribution in [0.2, 0.25) is 0 Å². The van der Waals surface area contributed by atoms with Crippen LogP contribution in [0.4, 0.5) is 0 Å². The fourth-order valence-electron chi connectivity index (χ4n) is 0.228. The Bertz CT molecular complexity index is 139. The summed E-state index contributed by atoms with van der Waals surface area (Å²) < 4.78 is 20.9. The molecule has 0 aliphatic rings. The highest BCUT2D eigenvalue weighted by Crippen LogP contribution is 1.75. The van der Waals surface area contributed by atoms with Crippen molar-refractivity contribution in [2.45, 2.75) is 6.92 Å². The highest BCUT2D eigenvalue weighted by molar-refractivity contribution is 7.89. The Morgan fingerprint density at radius 2 is 2.00 bits per heavy atom. The van der Waals surface area contributed by atoms with Crippen molar-refractivity contribution in [1.82, 2.24) is 10.3 Å². The highest BCUT2D eigenvalue weighted by Gasteiger charge is 2.00. The van der Waals surface area contributed by atoms with Gasteiger partial charge in [-0.25, -0.2) is 13.8 Å². The second-order valence-corrected chi connectivity index (χ2v) is 3.27. The lowest BCUT2D eigenvalue weighted by molar-refractivity contribution is 0.572. The molecule has 2 N–H and O–H groups in total. The molecule has 0 aromatic heterocycles. The van der Waals surface area contributed by atoms with Gasteiger partial charge in [-0.05, 0) is 14.0 Å². The molecule has 0 aliphatic carbocycles. The van der Waals surface area contributed by atoms with Crippen LogP contribution in [0.5, 0.6) is 0 Å². The molecule has 8 heavy (non-hydrogen) atoms. The molecule has 0 amide bonds. The molecule has 0 fully saturated rings. The van der Waals surface area contributed by atoms with E-state index in [4.69, 9.17) is 0 Å². The van der Waals surface area contributed by atoms with Crippen LogP contribution in [0.15, 0.2) is 0 Å². The molecule has 4 nitrogen and oxygen atoms in total. The third-order valence-corrected chi connectivity index (χ3v) is 1.91. The van der Waals surface area contributed by atoms with Crippen molar-refractivity contribution in [3.63, 3.8) is 0 Å². The van der Waals surface area contributed by atoms with Gasteiger partial charge in [0.1, 0.15) is 0 Å². The van der Waals surface area contributed by atoms with Gasteiger partial charge in [-0.3, -0.25) is 0 Å². The molecule has 0 bridgehead atoms. The number of rotatable bonds is 3. The first-order valence-electron chi connectivity index (χ1n) is 2.28. The first kappa shape index (κ1) is 7.87. The number of hydrogen-bond donors (Lipinski definition) is 2. The molecule has 0 saturated carbocycles. The number of nitrogens with one attached hydrogen (secondary N) is 2. The van der Waals surface area contributed by atoms with Crippen molar-refractivity contribution in [1.29, 1.82) is 0 Å². The van der Waals surface area contributed by atoms with Gasteiger partial charge >= 0.3 is 0 Å². The van der Waals surface area contributed by atoms with Crippen molar-refractivity contribution in [2.75, 3.05) is 12.8 Å². The minimum Gasteiger partial charge on any atom is -0.247 e. The van der Waals surface area contributed by atoms with E-state index in [-0.39, 0.29) is 5.75 Å². The van der Waals surface area contributed by atoms with Crippen LogP contribution in [-0.4, -0.2) is 21.2 Å². The SMILES string of the molecule is CCS(=O)(=O)NNC. The molecule has 0 unspecified atom stereocenters.